The number of carbonyl (C=O) groups is 2. The predicted molar refractivity (Wildman–Crippen MR) is 81.6 cm³/mol. The molecule has 0 spiro atoms. The van der Waals surface area contributed by atoms with Gasteiger partial charge < -0.3 is 4.74 Å². The minimum absolute atomic E-state index is 0.215. The first-order valence-electron chi connectivity index (χ1n) is 7.33. The molecule has 1 aromatic carbocycles. The van der Waals surface area contributed by atoms with E-state index in [9.17, 15) is 9.59 Å². The van der Waals surface area contributed by atoms with Gasteiger partial charge in [0.2, 0.25) is 11.6 Å². The number of benzene rings is 1. The van der Waals surface area contributed by atoms with Crippen LogP contribution in [-0.4, -0.2) is 18.2 Å². The number of ketones is 2. The maximum absolute atomic E-state index is 12.4. The number of ether oxygens (including phenoxy) is 1. The molecule has 21 heavy (non-hydrogen) atoms. The smallest absolute Gasteiger partial charge is 0.234 e. The Bertz CT molecular complexity index is 708. The van der Waals surface area contributed by atoms with E-state index in [-0.39, 0.29) is 23.1 Å². The Kier molecular flexibility index (Phi) is 2.96. The fourth-order valence-corrected chi connectivity index (χ4v) is 3.41. The Morgan fingerprint density at radius 2 is 1.86 bits per heavy atom. The second-order valence-corrected chi connectivity index (χ2v) is 6.65. The van der Waals surface area contributed by atoms with E-state index >= 15 is 0 Å². The lowest BCUT2D eigenvalue weighted by atomic mass is 9.75. The molecule has 1 aliphatic heterocycles. The van der Waals surface area contributed by atoms with Gasteiger partial charge in [0.05, 0.1) is 12.2 Å². The van der Waals surface area contributed by atoms with Crippen LogP contribution >= 0.6 is 0 Å². The molecular formula is C18H20O3. The SMILES string of the molecule is CC1=Cc2c(c(C)cc3c2C(C)COC3(C)C)C(=O)C1=O. The monoisotopic (exact) mass is 284 g/mol. The van der Waals surface area contributed by atoms with Crippen LogP contribution in [0.15, 0.2) is 11.6 Å². The van der Waals surface area contributed by atoms with E-state index < -0.39 is 0 Å². The fraction of sp³-hybridized carbons (Fsp3) is 0.444. The molecule has 1 unspecified atom stereocenters. The van der Waals surface area contributed by atoms with Crippen LogP contribution in [0.5, 0.6) is 0 Å². The van der Waals surface area contributed by atoms with Crippen LogP contribution < -0.4 is 0 Å². The van der Waals surface area contributed by atoms with Crippen LogP contribution in [0.4, 0.5) is 0 Å². The van der Waals surface area contributed by atoms with Gasteiger partial charge >= 0.3 is 0 Å². The zero-order chi connectivity index (χ0) is 15.5. The lowest BCUT2D eigenvalue weighted by Gasteiger charge is -2.38. The molecule has 1 aromatic rings. The number of Topliss-reactive ketones (excluding diaryl/α,β-unsaturated/α-hetero) is 2. The molecule has 3 rings (SSSR count). The lowest BCUT2D eigenvalue weighted by Crippen LogP contribution is -2.34. The zero-order valence-electron chi connectivity index (χ0n) is 13.2. The summed E-state index contributed by atoms with van der Waals surface area (Å²) < 4.78 is 5.95. The Hall–Kier alpha value is -1.74. The van der Waals surface area contributed by atoms with Gasteiger partial charge in [0.25, 0.3) is 0 Å². The Morgan fingerprint density at radius 1 is 1.19 bits per heavy atom. The Morgan fingerprint density at radius 3 is 2.52 bits per heavy atom. The molecule has 0 bridgehead atoms. The van der Waals surface area contributed by atoms with E-state index in [0.29, 0.717) is 17.7 Å². The van der Waals surface area contributed by atoms with Crippen molar-refractivity contribution in [1.82, 2.24) is 0 Å². The van der Waals surface area contributed by atoms with E-state index in [1.54, 1.807) is 6.92 Å². The Labute approximate surface area is 125 Å². The van der Waals surface area contributed by atoms with E-state index in [2.05, 4.69) is 20.8 Å². The molecule has 0 amide bonds. The van der Waals surface area contributed by atoms with Crippen molar-refractivity contribution < 1.29 is 14.3 Å². The highest BCUT2D eigenvalue weighted by Gasteiger charge is 2.37. The fourth-order valence-electron chi connectivity index (χ4n) is 3.41. The van der Waals surface area contributed by atoms with Gasteiger partial charge in [0.15, 0.2) is 0 Å². The lowest BCUT2D eigenvalue weighted by molar-refractivity contribution is -0.111. The molecule has 110 valence electrons. The summed E-state index contributed by atoms with van der Waals surface area (Å²) in [4.78, 5) is 24.4. The van der Waals surface area contributed by atoms with Crippen molar-refractivity contribution >= 4 is 17.6 Å². The maximum atomic E-state index is 12.4. The maximum Gasteiger partial charge on any atom is 0.234 e. The van der Waals surface area contributed by atoms with Crippen LogP contribution in [0.25, 0.3) is 6.08 Å². The summed E-state index contributed by atoms with van der Waals surface area (Å²) in [6.45, 7) is 10.4. The molecule has 0 fully saturated rings. The third-order valence-corrected chi connectivity index (χ3v) is 4.59. The highest BCUT2D eigenvalue weighted by molar-refractivity contribution is 6.52. The number of hydrogen-bond acceptors (Lipinski definition) is 3. The van der Waals surface area contributed by atoms with Crippen molar-refractivity contribution in [3.8, 4) is 0 Å². The Balaban J connectivity index is 2.41. The first kappa shape index (κ1) is 14.2. The first-order chi connectivity index (χ1) is 9.74. The molecule has 2 aliphatic rings. The molecule has 1 heterocycles. The summed E-state index contributed by atoms with van der Waals surface area (Å²) in [5, 5.41) is 0. The minimum atomic E-state index is -0.385. The van der Waals surface area contributed by atoms with Crippen LogP contribution in [0.1, 0.15) is 66.2 Å². The van der Waals surface area contributed by atoms with Crippen molar-refractivity contribution in [3.05, 3.63) is 39.5 Å². The summed E-state index contributed by atoms with van der Waals surface area (Å²) >= 11 is 0. The quantitative estimate of drug-likeness (QED) is 0.684. The average Bonchev–Trinajstić information content (AvgIpc) is 2.40. The van der Waals surface area contributed by atoms with Gasteiger partial charge in [-0.05, 0) is 56.0 Å². The summed E-state index contributed by atoms with van der Waals surface area (Å²) in [6.07, 6.45) is 1.88. The molecule has 0 N–H and O–H groups in total. The number of allylic oxidation sites excluding steroid dienone is 1. The van der Waals surface area contributed by atoms with Gasteiger partial charge in [-0.3, -0.25) is 9.59 Å². The van der Waals surface area contributed by atoms with Gasteiger partial charge in [-0.25, -0.2) is 0 Å². The first-order valence-corrected chi connectivity index (χ1v) is 7.33. The number of aryl methyl sites for hydroxylation is 1. The summed E-state index contributed by atoms with van der Waals surface area (Å²) in [7, 11) is 0. The summed E-state index contributed by atoms with van der Waals surface area (Å²) in [5.74, 6) is -0.543. The predicted octanol–water partition coefficient (Wildman–Crippen LogP) is 3.53. The van der Waals surface area contributed by atoms with Gasteiger partial charge in [-0.2, -0.15) is 0 Å². The number of fused-ring (bicyclic) bond motifs is 3. The standard InChI is InChI=1S/C18H20O3/c1-9-7-13-14(11(3)8-21-18(13,4)5)12-6-10(2)16(19)17(20)15(9)12/h6-7,11H,8H2,1-5H3. The van der Waals surface area contributed by atoms with E-state index in [4.69, 9.17) is 4.74 Å². The van der Waals surface area contributed by atoms with Crippen LogP contribution in [-0.2, 0) is 15.1 Å². The molecule has 0 aromatic heterocycles. The topological polar surface area (TPSA) is 43.4 Å². The van der Waals surface area contributed by atoms with E-state index in [0.717, 1.165) is 22.3 Å². The highest BCUT2D eigenvalue weighted by Crippen LogP contribution is 2.43. The van der Waals surface area contributed by atoms with Crippen molar-refractivity contribution in [3.63, 3.8) is 0 Å². The zero-order valence-corrected chi connectivity index (χ0v) is 13.2. The van der Waals surface area contributed by atoms with Crippen LogP contribution in [0, 0.1) is 6.92 Å². The molecule has 3 heteroatoms. The average molecular weight is 284 g/mol. The molecule has 0 saturated carbocycles. The van der Waals surface area contributed by atoms with Crippen molar-refractivity contribution in [2.75, 3.05) is 6.61 Å². The van der Waals surface area contributed by atoms with Gasteiger partial charge in [0.1, 0.15) is 0 Å². The van der Waals surface area contributed by atoms with Crippen molar-refractivity contribution in [1.29, 1.82) is 0 Å². The van der Waals surface area contributed by atoms with Gasteiger partial charge in [-0.1, -0.05) is 13.0 Å². The van der Waals surface area contributed by atoms with E-state index in [1.807, 2.05) is 19.1 Å². The normalized spacial score (nSPS) is 23.5. The molecule has 3 nitrogen and oxygen atoms in total. The van der Waals surface area contributed by atoms with Crippen molar-refractivity contribution in [2.45, 2.75) is 46.1 Å². The third kappa shape index (κ3) is 1.91. The third-order valence-electron chi connectivity index (χ3n) is 4.59. The molecule has 1 aliphatic carbocycles. The second kappa shape index (κ2) is 4.38. The highest BCUT2D eigenvalue weighted by atomic mass is 16.5. The molecule has 1 atom stereocenters. The number of carbonyl (C=O) groups excluding carboxylic acids is 2. The summed E-state index contributed by atoms with van der Waals surface area (Å²) in [5.41, 5.74) is 4.81. The van der Waals surface area contributed by atoms with Gasteiger partial charge in [-0.15, -0.1) is 0 Å². The largest absolute Gasteiger partial charge is 0.370 e. The minimum Gasteiger partial charge on any atom is -0.370 e. The number of hydrogen-bond donors (Lipinski definition) is 0. The summed E-state index contributed by atoms with van der Waals surface area (Å²) in [6, 6.07) is 2.02. The molecule has 0 saturated heterocycles. The van der Waals surface area contributed by atoms with Crippen molar-refractivity contribution in [2.24, 2.45) is 0 Å². The van der Waals surface area contributed by atoms with Crippen LogP contribution in [0.2, 0.25) is 0 Å². The number of rotatable bonds is 0. The second-order valence-electron chi connectivity index (χ2n) is 6.65. The van der Waals surface area contributed by atoms with Crippen LogP contribution in [0.3, 0.4) is 0 Å². The van der Waals surface area contributed by atoms with E-state index in [1.165, 1.54) is 0 Å². The molecule has 0 radical (unpaired) electrons. The van der Waals surface area contributed by atoms with Gasteiger partial charge in [0, 0.05) is 17.1 Å². The molecular weight excluding hydrogens is 264 g/mol.